The minimum absolute atomic E-state index is 0.460. The Kier molecular flexibility index (Phi) is 4.56. The number of hydrogen-bond donors (Lipinski definition) is 1. The third-order valence-electron chi connectivity index (χ3n) is 1.43. The molecular weight excluding hydrogens is 239 g/mol. The van der Waals surface area contributed by atoms with Crippen LogP contribution in [0.15, 0.2) is 23.1 Å². The molecule has 74 valence electrons. The fourth-order valence-electron chi connectivity index (χ4n) is 0.835. The summed E-state index contributed by atoms with van der Waals surface area (Å²) in [5.74, 6) is 0.535. The summed E-state index contributed by atoms with van der Waals surface area (Å²) >= 11 is 13.1. The van der Waals surface area contributed by atoms with Crippen LogP contribution in [0.3, 0.4) is 0 Å². The van der Waals surface area contributed by atoms with Crippen molar-refractivity contribution >= 4 is 35.0 Å². The van der Waals surface area contributed by atoms with Gasteiger partial charge in [-0.25, -0.2) is 0 Å². The van der Waals surface area contributed by atoms with Crippen molar-refractivity contribution in [2.24, 2.45) is 5.73 Å². The Morgan fingerprint density at radius 3 is 2.43 bits per heavy atom. The molecule has 0 aliphatic carbocycles. The van der Waals surface area contributed by atoms with Gasteiger partial charge in [0.25, 0.3) is 0 Å². The fourth-order valence-corrected chi connectivity index (χ4v) is 2.36. The molecule has 1 rings (SSSR count). The second kappa shape index (κ2) is 5.47. The van der Waals surface area contributed by atoms with Crippen molar-refractivity contribution in [3.63, 3.8) is 0 Å². The number of thioether (sulfide) groups is 1. The summed E-state index contributed by atoms with van der Waals surface area (Å²) in [6.07, 6.45) is 0. The highest BCUT2D eigenvalue weighted by Gasteiger charge is 2.03. The van der Waals surface area contributed by atoms with Gasteiger partial charge in [0, 0.05) is 20.7 Å². The number of hydrogen-bond acceptors (Lipinski definition) is 3. The lowest BCUT2D eigenvalue weighted by atomic mass is 10.4. The molecule has 1 atom stereocenters. The SMILES string of the molecule is N#CC(N)CSc1cc(Cl)cc(Cl)c1. The molecule has 0 aliphatic rings. The van der Waals surface area contributed by atoms with E-state index in [1.165, 1.54) is 11.8 Å². The smallest absolute Gasteiger partial charge is 0.102 e. The molecule has 0 saturated heterocycles. The van der Waals surface area contributed by atoms with Gasteiger partial charge in [0.1, 0.15) is 6.04 Å². The summed E-state index contributed by atoms with van der Waals surface area (Å²) in [5.41, 5.74) is 5.45. The van der Waals surface area contributed by atoms with Gasteiger partial charge in [-0.1, -0.05) is 23.2 Å². The van der Waals surface area contributed by atoms with Gasteiger partial charge in [-0.2, -0.15) is 5.26 Å². The monoisotopic (exact) mass is 246 g/mol. The lowest BCUT2D eigenvalue weighted by Crippen LogP contribution is -2.19. The van der Waals surface area contributed by atoms with E-state index in [4.69, 9.17) is 34.2 Å². The Balaban J connectivity index is 2.64. The van der Waals surface area contributed by atoms with Crippen molar-refractivity contribution in [2.75, 3.05) is 5.75 Å². The number of halogens is 2. The first kappa shape index (κ1) is 11.7. The first-order chi connectivity index (χ1) is 6.61. The van der Waals surface area contributed by atoms with E-state index in [0.29, 0.717) is 15.8 Å². The lowest BCUT2D eigenvalue weighted by Gasteiger charge is -2.03. The highest BCUT2D eigenvalue weighted by atomic mass is 35.5. The van der Waals surface area contributed by atoms with E-state index in [9.17, 15) is 0 Å². The van der Waals surface area contributed by atoms with Gasteiger partial charge in [0.05, 0.1) is 6.07 Å². The topological polar surface area (TPSA) is 49.8 Å². The average Bonchev–Trinajstić information content (AvgIpc) is 2.12. The summed E-state index contributed by atoms with van der Waals surface area (Å²) < 4.78 is 0. The molecule has 0 radical (unpaired) electrons. The third-order valence-corrected chi connectivity index (χ3v) is 2.96. The van der Waals surface area contributed by atoms with Crippen LogP contribution in [-0.4, -0.2) is 11.8 Å². The van der Waals surface area contributed by atoms with E-state index in [0.717, 1.165) is 4.90 Å². The minimum Gasteiger partial charge on any atom is -0.315 e. The van der Waals surface area contributed by atoms with Gasteiger partial charge in [-0.3, -0.25) is 0 Å². The normalized spacial score (nSPS) is 12.1. The van der Waals surface area contributed by atoms with Crippen molar-refractivity contribution < 1.29 is 0 Å². The first-order valence-corrected chi connectivity index (χ1v) is 5.60. The van der Waals surface area contributed by atoms with Crippen LogP contribution < -0.4 is 5.73 Å². The second-order valence-corrected chi connectivity index (χ2v) is 4.62. The molecule has 0 fully saturated rings. The molecule has 0 saturated carbocycles. The molecule has 2 N–H and O–H groups in total. The lowest BCUT2D eigenvalue weighted by molar-refractivity contribution is 0.953. The fraction of sp³-hybridized carbons (Fsp3) is 0.222. The Hall–Kier alpha value is -0.400. The number of nitrogens with zero attached hydrogens (tertiary/aromatic N) is 1. The largest absolute Gasteiger partial charge is 0.315 e. The molecule has 1 aromatic rings. The van der Waals surface area contributed by atoms with Gasteiger partial charge >= 0.3 is 0 Å². The summed E-state index contributed by atoms with van der Waals surface area (Å²) in [7, 11) is 0. The van der Waals surface area contributed by atoms with Crippen LogP contribution >= 0.6 is 35.0 Å². The summed E-state index contributed by atoms with van der Waals surface area (Å²) in [6, 6.07) is 6.75. The zero-order valence-corrected chi connectivity index (χ0v) is 9.53. The third kappa shape index (κ3) is 3.77. The van der Waals surface area contributed by atoms with Gasteiger partial charge in [-0.05, 0) is 18.2 Å². The van der Waals surface area contributed by atoms with Gasteiger partial charge < -0.3 is 5.73 Å². The van der Waals surface area contributed by atoms with Crippen LogP contribution in [0.2, 0.25) is 10.0 Å². The quantitative estimate of drug-likeness (QED) is 0.835. The van der Waals surface area contributed by atoms with E-state index in [1.807, 2.05) is 6.07 Å². The Morgan fingerprint density at radius 1 is 1.36 bits per heavy atom. The van der Waals surface area contributed by atoms with E-state index >= 15 is 0 Å². The van der Waals surface area contributed by atoms with Crippen molar-refractivity contribution in [1.82, 2.24) is 0 Å². The minimum atomic E-state index is -0.460. The maximum Gasteiger partial charge on any atom is 0.102 e. The molecule has 1 unspecified atom stereocenters. The molecular formula is C9H8Cl2N2S. The van der Waals surface area contributed by atoms with Crippen LogP contribution in [-0.2, 0) is 0 Å². The van der Waals surface area contributed by atoms with Gasteiger partial charge in [-0.15, -0.1) is 11.8 Å². The molecule has 0 aromatic heterocycles. The van der Waals surface area contributed by atoms with Gasteiger partial charge in [0.2, 0.25) is 0 Å². The Bertz CT molecular complexity index is 342. The van der Waals surface area contributed by atoms with Crippen LogP contribution in [0, 0.1) is 11.3 Å². The van der Waals surface area contributed by atoms with Crippen LogP contribution in [0.25, 0.3) is 0 Å². The van der Waals surface area contributed by atoms with Gasteiger partial charge in [0.15, 0.2) is 0 Å². The second-order valence-electron chi connectivity index (χ2n) is 2.65. The maximum atomic E-state index is 8.48. The van der Waals surface area contributed by atoms with E-state index in [-0.39, 0.29) is 0 Å². The van der Waals surface area contributed by atoms with E-state index in [2.05, 4.69) is 0 Å². The Labute approximate surface area is 97.0 Å². The summed E-state index contributed by atoms with van der Waals surface area (Å²) in [4.78, 5) is 0.924. The Morgan fingerprint density at radius 2 is 1.93 bits per heavy atom. The zero-order chi connectivity index (χ0) is 10.6. The number of benzene rings is 1. The molecule has 0 bridgehead atoms. The van der Waals surface area contributed by atoms with Crippen molar-refractivity contribution in [1.29, 1.82) is 5.26 Å². The molecule has 0 heterocycles. The summed E-state index contributed by atoms with van der Waals surface area (Å²) in [6.45, 7) is 0. The molecule has 0 spiro atoms. The maximum absolute atomic E-state index is 8.48. The predicted octanol–water partition coefficient (Wildman–Crippen LogP) is 2.94. The average molecular weight is 247 g/mol. The summed E-state index contributed by atoms with van der Waals surface area (Å²) in [5, 5.41) is 9.66. The van der Waals surface area contributed by atoms with Crippen LogP contribution in [0.5, 0.6) is 0 Å². The number of nitrogens with two attached hydrogens (primary N) is 1. The van der Waals surface area contributed by atoms with E-state index < -0.39 is 6.04 Å². The van der Waals surface area contributed by atoms with Crippen molar-refractivity contribution in [3.8, 4) is 6.07 Å². The highest BCUT2D eigenvalue weighted by molar-refractivity contribution is 7.99. The highest BCUT2D eigenvalue weighted by Crippen LogP contribution is 2.26. The first-order valence-electron chi connectivity index (χ1n) is 3.86. The standard InChI is InChI=1S/C9H8Cl2N2S/c10-6-1-7(11)3-9(2-6)14-5-8(13)4-12/h1-3,8H,5,13H2. The zero-order valence-electron chi connectivity index (χ0n) is 7.21. The molecule has 0 aliphatic heterocycles. The van der Waals surface area contributed by atoms with E-state index in [1.54, 1.807) is 18.2 Å². The number of nitriles is 1. The predicted molar refractivity (Wildman–Crippen MR) is 60.8 cm³/mol. The molecule has 0 amide bonds. The molecule has 1 aromatic carbocycles. The number of rotatable bonds is 3. The van der Waals surface area contributed by atoms with Crippen molar-refractivity contribution in [2.45, 2.75) is 10.9 Å². The van der Waals surface area contributed by atoms with Crippen LogP contribution in [0.4, 0.5) is 0 Å². The molecule has 2 nitrogen and oxygen atoms in total. The molecule has 14 heavy (non-hydrogen) atoms. The molecule has 5 heteroatoms. The van der Waals surface area contributed by atoms with Crippen LogP contribution in [0.1, 0.15) is 0 Å². The van der Waals surface area contributed by atoms with Crippen molar-refractivity contribution in [3.05, 3.63) is 28.2 Å².